The summed E-state index contributed by atoms with van der Waals surface area (Å²) in [4.78, 5) is 33.8. The van der Waals surface area contributed by atoms with Gasteiger partial charge >= 0.3 is 5.97 Å². The van der Waals surface area contributed by atoms with Crippen molar-refractivity contribution < 1.29 is 24.0 Å². The SMILES string of the molecule is Cc1ccccc1OCCOC(=O)CNC(=O)c1ccc(Cl)c([N+](=O)[O-])c1. The maximum absolute atomic E-state index is 12.0. The number of esters is 1. The first kappa shape index (κ1) is 20.2. The van der Waals surface area contributed by atoms with Gasteiger partial charge in [0.15, 0.2) is 0 Å². The first-order valence-electron chi connectivity index (χ1n) is 7.94. The van der Waals surface area contributed by atoms with Gasteiger partial charge in [0.05, 0.1) is 4.92 Å². The smallest absolute Gasteiger partial charge is 0.325 e. The lowest BCUT2D eigenvalue weighted by Crippen LogP contribution is -2.31. The minimum absolute atomic E-state index is 0.0155. The van der Waals surface area contributed by atoms with Crippen LogP contribution in [0.1, 0.15) is 15.9 Å². The number of hydrogen-bond donors (Lipinski definition) is 1. The maximum atomic E-state index is 12.0. The van der Waals surface area contributed by atoms with Crippen molar-refractivity contribution in [3.63, 3.8) is 0 Å². The predicted octanol–water partition coefficient (Wildman–Crippen LogP) is 2.91. The van der Waals surface area contributed by atoms with Crippen LogP contribution < -0.4 is 10.1 Å². The second kappa shape index (κ2) is 9.54. The highest BCUT2D eigenvalue weighted by molar-refractivity contribution is 6.32. The molecule has 0 heterocycles. The Hall–Kier alpha value is -3.13. The number of nitrogens with one attached hydrogen (secondary N) is 1. The Labute approximate surface area is 160 Å². The Morgan fingerprint density at radius 3 is 2.63 bits per heavy atom. The second-order valence-electron chi connectivity index (χ2n) is 5.44. The van der Waals surface area contributed by atoms with Crippen molar-refractivity contribution in [2.24, 2.45) is 0 Å². The molecule has 1 amide bonds. The first-order chi connectivity index (χ1) is 12.9. The number of aryl methyl sites for hydroxylation is 1. The molecule has 142 valence electrons. The summed E-state index contributed by atoms with van der Waals surface area (Å²) in [7, 11) is 0. The molecule has 0 aromatic heterocycles. The minimum Gasteiger partial charge on any atom is -0.490 e. The molecule has 2 rings (SSSR count). The van der Waals surface area contributed by atoms with Crippen LogP contribution in [0.2, 0.25) is 5.02 Å². The van der Waals surface area contributed by atoms with Gasteiger partial charge in [0.2, 0.25) is 0 Å². The van der Waals surface area contributed by atoms with Crippen molar-refractivity contribution in [3.8, 4) is 5.75 Å². The second-order valence-corrected chi connectivity index (χ2v) is 5.85. The number of rotatable bonds is 8. The fraction of sp³-hybridized carbons (Fsp3) is 0.222. The highest BCUT2D eigenvalue weighted by Gasteiger charge is 2.17. The monoisotopic (exact) mass is 392 g/mol. The van der Waals surface area contributed by atoms with Gasteiger partial charge in [-0.05, 0) is 30.7 Å². The molecule has 0 spiro atoms. The summed E-state index contributed by atoms with van der Waals surface area (Å²) in [6.45, 7) is 1.72. The summed E-state index contributed by atoms with van der Waals surface area (Å²) in [5.41, 5.74) is 0.593. The largest absolute Gasteiger partial charge is 0.490 e. The highest BCUT2D eigenvalue weighted by Crippen LogP contribution is 2.24. The molecule has 0 aliphatic carbocycles. The average molecular weight is 393 g/mol. The Balaban J connectivity index is 1.75. The molecule has 9 heteroatoms. The molecule has 0 aliphatic heterocycles. The molecule has 0 radical (unpaired) electrons. The third-order valence-corrected chi connectivity index (χ3v) is 3.82. The lowest BCUT2D eigenvalue weighted by Gasteiger charge is -2.10. The van der Waals surface area contributed by atoms with Crippen molar-refractivity contribution >= 4 is 29.2 Å². The van der Waals surface area contributed by atoms with Crippen molar-refractivity contribution in [1.29, 1.82) is 0 Å². The summed E-state index contributed by atoms with van der Waals surface area (Å²) in [6.07, 6.45) is 0. The van der Waals surface area contributed by atoms with Crippen molar-refractivity contribution in [1.82, 2.24) is 5.32 Å². The van der Waals surface area contributed by atoms with E-state index in [4.69, 9.17) is 21.1 Å². The molecule has 0 aliphatic rings. The van der Waals surface area contributed by atoms with Crippen LogP contribution >= 0.6 is 11.6 Å². The molecule has 8 nitrogen and oxygen atoms in total. The lowest BCUT2D eigenvalue weighted by molar-refractivity contribution is -0.384. The molecule has 27 heavy (non-hydrogen) atoms. The number of ether oxygens (including phenoxy) is 2. The summed E-state index contributed by atoms with van der Waals surface area (Å²) in [6, 6.07) is 11.0. The lowest BCUT2D eigenvalue weighted by atomic mass is 10.2. The Morgan fingerprint density at radius 1 is 1.19 bits per heavy atom. The van der Waals surface area contributed by atoms with E-state index >= 15 is 0 Å². The quantitative estimate of drug-likeness (QED) is 0.320. The molecule has 0 fully saturated rings. The van der Waals surface area contributed by atoms with E-state index in [9.17, 15) is 19.7 Å². The number of hydrogen-bond acceptors (Lipinski definition) is 6. The zero-order valence-electron chi connectivity index (χ0n) is 14.4. The number of amides is 1. The van der Waals surface area contributed by atoms with E-state index in [2.05, 4.69) is 5.32 Å². The number of nitro benzene ring substituents is 1. The number of nitrogens with zero attached hydrogens (tertiary/aromatic N) is 1. The van der Waals surface area contributed by atoms with Crippen LogP contribution in [0.4, 0.5) is 5.69 Å². The number of halogens is 1. The zero-order valence-corrected chi connectivity index (χ0v) is 15.2. The van der Waals surface area contributed by atoms with Gasteiger partial charge in [0.25, 0.3) is 11.6 Å². The zero-order chi connectivity index (χ0) is 19.8. The summed E-state index contributed by atoms with van der Waals surface area (Å²) < 4.78 is 10.5. The standard InChI is InChI=1S/C18H17ClN2O6/c1-12-4-2-3-5-16(12)26-8-9-27-17(22)11-20-18(23)13-6-7-14(19)15(10-13)21(24)25/h2-7,10H,8-9,11H2,1H3,(H,20,23). The van der Waals surface area contributed by atoms with Crippen molar-refractivity contribution in [2.75, 3.05) is 19.8 Å². The van der Waals surface area contributed by atoms with Crippen LogP contribution in [0.5, 0.6) is 5.75 Å². The molecular formula is C18H17ClN2O6. The Bertz CT molecular complexity index is 855. The number of carbonyl (C=O) groups excluding carboxylic acids is 2. The van der Waals surface area contributed by atoms with Crippen LogP contribution in [0, 0.1) is 17.0 Å². The maximum Gasteiger partial charge on any atom is 0.325 e. The van der Waals surface area contributed by atoms with E-state index in [1.807, 2.05) is 31.2 Å². The molecule has 2 aromatic carbocycles. The van der Waals surface area contributed by atoms with Crippen LogP contribution in [-0.4, -0.2) is 36.6 Å². The van der Waals surface area contributed by atoms with Gasteiger partial charge in [-0.2, -0.15) is 0 Å². The van der Waals surface area contributed by atoms with E-state index < -0.39 is 16.8 Å². The van der Waals surface area contributed by atoms with Crippen LogP contribution in [-0.2, 0) is 9.53 Å². The normalized spacial score (nSPS) is 10.1. The number of carbonyl (C=O) groups is 2. The topological polar surface area (TPSA) is 108 Å². The van der Waals surface area contributed by atoms with Crippen molar-refractivity contribution in [3.05, 3.63) is 68.7 Å². The van der Waals surface area contributed by atoms with Crippen LogP contribution in [0.25, 0.3) is 0 Å². The van der Waals surface area contributed by atoms with E-state index in [-0.39, 0.29) is 36.0 Å². The third kappa shape index (κ3) is 5.96. The molecule has 0 unspecified atom stereocenters. The van der Waals surface area contributed by atoms with Gasteiger partial charge in [-0.1, -0.05) is 29.8 Å². The van der Waals surface area contributed by atoms with E-state index in [0.717, 1.165) is 11.6 Å². The van der Waals surface area contributed by atoms with E-state index in [1.54, 1.807) is 0 Å². The molecule has 0 saturated carbocycles. The highest BCUT2D eigenvalue weighted by atomic mass is 35.5. The molecule has 1 N–H and O–H groups in total. The van der Waals surface area contributed by atoms with Gasteiger partial charge in [-0.3, -0.25) is 19.7 Å². The minimum atomic E-state index is -0.693. The third-order valence-electron chi connectivity index (χ3n) is 3.50. The molecule has 2 aromatic rings. The van der Waals surface area contributed by atoms with Gasteiger partial charge < -0.3 is 14.8 Å². The van der Waals surface area contributed by atoms with Gasteiger partial charge in [-0.25, -0.2) is 0 Å². The van der Waals surface area contributed by atoms with Gasteiger partial charge in [-0.15, -0.1) is 0 Å². The summed E-state index contributed by atoms with van der Waals surface area (Å²) in [5.74, 6) is -0.603. The first-order valence-corrected chi connectivity index (χ1v) is 8.32. The Morgan fingerprint density at radius 2 is 1.93 bits per heavy atom. The fourth-order valence-electron chi connectivity index (χ4n) is 2.12. The number of benzene rings is 2. The van der Waals surface area contributed by atoms with Crippen LogP contribution in [0.3, 0.4) is 0 Å². The number of para-hydroxylation sites is 1. The van der Waals surface area contributed by atoms with Crippen molar-refractivity contribution in [2.45, 2.75) is 6.92 Å². The fourth-order valence-corrected chi connectivity index (χ4v) is 2.31. The predicted molar refractivity (Wildman–Crippen MR) is 98.1 cm³/mol. The summed E-state index contributed by atoms with van der Waals surface area (Å²) in [5, 5.41) is 13.1. The van der Waals surface area contributed by atoms with Gasteiger partial charge in [0, 0.05) is 11.6 Å². The Kier molecular flexibility index (Phi) is 7.13. The van der Waals surface area contributed by atoms with Crippen LogP contribution in [0.15, 0.2) is 42.5 Å². The molecule has 0 bridgehead atoms. The van der Waals surface area contributed by atoms with Gasteiger partial charge in [0.1, 0.15) is 30.5 Å². The van der Waals surface area contributed by atoms with E-state index in [1.165, 1.54) is 12.1 Å². The molecule has 0 atom stereocenters. The average Bonchev–Trinajstić information content (AvgIpc) is 2.64. The molecule has 0 saturated heterocycles. The summed E-state index contributed by atoms with van der Waals surface area (Å²) >= 11 is 5.69. The number of nitro groups is 1. The van der Waals surface area contributed by atoms with E-state index in [0.29, 0.717) is 5.75 Å². The molecular weight excluding hydrogens is 376 g/mol.